The number of pyridine rings is 1. The second-order valence-electron chi connectivity index (χ2n) is 9.13. The SMILES string of the molecule is COc1ccc(C2CCCn3nc(-c4ccc(-n5cnc(C)c5)c(OC)n4)nc32)cc1C1CC1. The van der Waals surface area contributed by atoms with Gasteiger partial charge in [0, 0.05) is 18.7 Å². The van der Waals surface area contributed by atoms with Crippen LogP contribution in [0.2, 0.25) is 0 Å². The Hall–Kier alpha value is -3.68. The first kappa shape index (κ1) is 20.9. The summed E-state index contributed by atoms with van der Waals surface area (Å²) in [7, 11) is 3.38. The number of fused-ring (bicyclic) bond motifs is 1. The van der Waals surface area contributed by atoms with Gasteiger partial charge in [-0.1, -0.05) is 12.1 Å². The Morgan fingerprint density at radius 3 is 2.62 bits per heavy atom. The highest BCUT2D eigenvalue weighted by molar-refractivity contribution is 5.56. The van der Waals surface area contributed by atoms with Crippen LogP contribution in [-0.2, 0) is 6.54 Å². The van der Waals surface area contributed by atoms with Gasteiger partial charge < -0.3 is 14.0 Å². The summed E-state index contributed by atoms with van der Waals surface area (Å²) in [6.45, 7) is 2.82. The number of aryl methyl sites for hydroxylation is 2. The number of hydrogen-bond acceptors (Lipinski definition) is 6. The maximum atomic E-state index is 5.63. The molecule has 1 unspecified atom stereocenters. The average Bonchev–Trinajstić information content (AvgIpc) is 3.48. The number of aromatic nitrogens is 6. The monoisotopic (exact) mass is 456 g/mol. The van der Waals surface area contributed by atoms with Crippen LogP contribution in [0.1, 0.15) is 60.2 Å². The summed E-state index contributed by atoms with van der Waals surface area (Å²) < 4.78 is 15.2. The molecule has 8 nitrogen and oxygen atoms in total. The first-order valence-electron chi connectivity index (χ1n) is 11.8. The van der Waals surface area contributed by atoms with Gasteiger partial charge in [0.25, 0.3) is 0 Å². The molecule has 6 rings (SSSR count). The van der Waals surface area contributed by atoms with Gasteiger partial charge in [-0.25, -0.2) is 19.6 Å². The van der Waals surface area contributed by atoms with Gasteiger partial charge in [0.15, 0.2) is 5.82 Å². The zero-order valence-electron chi connectivity index (χ0n) is 19.7. The van der Waals surface area contributed by atoms with Crippen molar-refractivity contribution in [2.75, 3.05) is 14.2 Å². The quantitative estimate of drug-likeness (QED) is 0.420. The summed E-state index contributed by atoms with van der Waals surface area (Å²) in [6, 6.07) is 10.5. The molecule has 0 N–H and O–H groups in total. The number of nitrogens with zero attached hydrogens (tertiary/aromatic N) is 6. The van der Waals surface area contributed by atoms with Crippen molar-refractivity contribution in [3.05, 3.63) is 65.5 Å². The van der Waals surface area contributed by atoms with Gasteiger partial charge in [-0.15, -0.1) is 5.10 Å². The Morgan fingerprint density at radius 2 is 1.88 bits per heavy atom. The first-order chi connectivity index (χ1) is 16.6. The Morgan fingerprint density at radius 1 is 1.00 bits per heavy atom. The van der Waals surface area contributed by atoms with Crippen LogP contribution < -0.4 is 9.47 Å². The van der Waals surface area contributed by atoms with Crippen molar-refractivity contribution in [1.82, 2.24) is 29.3 Å². The lowest BCUT2D eigenvalue weighted by Crippen LogP contribution is -2.18. The molecule has 1 atom stereocenters. The van der Waals surface area contributed by atoms with Gasteiger partial charge in [-0.3, -0.25) is 0 Å². The van der Waals surface area contributed by atoms with Crippen molar-refractivity contribution in [3.8, 4) is 28.8 Å². The molecule has 1 fully saturated rings. The highest BCUT2D eigenvalue weighted by Gasteiger charge is 2.31. The molecule has 4 aromatic rings. The fourth-order valence-electron chi connectivity index (χ4n) is 4.92. The molecule has 1 aliphatic carbocycles. The molecule has 3 aromatic heterocycles. The summed E-state index contributed by atoms with van der Waals surface area (Å²) in [5.74, 6) is 3.99. The number of benzene rings is 1. The van der Waals surface area contributed by atoms with Crippen molar-refractivity contribution in [2.24, 2.45) is 0 Å². The lowest BCUT2D eigenvalue weighted by Gasteiger charge is -2.23. The van der Waals surface area contributed by atoms with Gasteiger partial charge in [0.1, 0.15) is 23.0 Å². The van der Waals surface area contributed by atoms with Crippen LogP contribution in [0.3, 0.4) is 0 Å². The smallest absolute Gasteiger partial charge is 0.238 e. The van der Waals surface area contributed by atoms with E-state index in [4.69, 9.17) is 24.5 Å². The minimum Gasteiger partial charge on any atom is -0.496 e. The van der Waals surface area contributed by atoms with E-state index in [0.717, 1.165) is 42.3 Å². The number of imidazole rings is 1. The van der Waals surface area contributed by atoms with Crippen molar-refractivity contribution in [3.63, 3.8) is 0 Å². The van der Waals surface area contributed by atoms with Crippen LogP contribution in [0.5, 0.6) is 11.6 Å². The van der Waals surface area contributed by atoms with Gasteiger partial charge in [-0.05, 0) is 67.9 Å². The molecular weight excluding hydrogens is 428 g/mol. The lowest BCUT2D eigenvalue weighted by molar-refractivity contribution is 0.396. The number of ether oxygens (including phenoxy) is 2. The Bertz CT molecular complexity index is 1350. The number of rotatable bonds is 6. The summed E-state index contributed by atoms with van der Waals surface area (Å²) in [4.78, 5) is 14.0. The number of methoxy groups -OCH3 is 2. The van der Waals surface area contributed by atoms with Crippen LogP contribution in [0, 0.1) is 6.92 Å². The molecule has 0 saturated heterocycles. The average molecular weight is 457 g/mol. The van der Waals surface area contributed by atoms with E-state index >= 15 is 0 Å². The normalized spacial score (nSPS) is 17.4. The van der Waals surface area contributed by atoms with Gasteiger partial charge >= 0.3 is 0 Å². The van der Waals surface area contributed by atoms with E-state index in [0.29, 0.717) is 23.3 Å². The summed E-state index contributed by atoms with van der Waals surface area (Å²) in [5, 5.41) is 4.83. The third kappa shape index (κ3) is 3.63. The Balaban J connectivity index is 1.36. The van der Waals surface area contributed by atoms with E-state index < -0.39 is 0 Å². The second-order valence-corrected chi connectivity index (χ2v) is 9.13. The molecule has 0 radical (unpaired) electrons. The molecule has 1 aliphatic heterocycles. The molecule has 8 heteroatoms. The fraction of sp³-hybridized carbons (Fsp3) is 0.385. The summed E-state index contributed by atoms with van der Waals surface area (Å²) >= 11 is 0. The molecule has 34 heavy (non-hydrogen) atoms. The van der Waals surface area contributed by atoms with Gasteiger partial charge in [-0.2, -0.15) is 0 Å². The van der Waals surface area contributed by atoms with Gasteiger partial charge in [0.2, 0.25) is 5.88 Å². The molecule has 4 heterocycles. The fourth-order valence-corrected chi connectivity index (χ4v) is 4.92. The topological polar surface area (TPSA) is 79.9 Å². The number of hydrogen-bond donors (Lipinski definition) is 0. The summed E-state index contributed by atoms with van der Waals surface area (Å²) in [5.41, 5.74) is 5.09. The van der Waals surface area contributed by atoms with E-state index in [1.807, 2.05) is 34.5 Å². The van der Waals surface area contributed by atoms with Crippen LogP contribution in [0.15, 0.2) is 42.9 Å². The Labute approximate surface area is 198 Å². The minimum absolute atomic E-state index is 0.216. The van der Waals surface area contributed by atoms with Crippen LogP contribution in [0.4, 0.5) is 0 Å². The summed E-state index contributed by atoms with van der Waals surface area (Å²) in [6.07, 6.45) is 8.32. The highest BCUT2D eigenvalue weighted by Crippen LogP contribution is 2.46. The predicted molar refractivity (Wildman–Crippen MR) is 128 cm³/mol. The van der Waals surface area contributed by atoms with Crippen molar-refractivity contribution < 1.29 is 9.47 Å². The van der Waals surface area contributed by atoms with Crippen LogP contribution in [0.25, 0.3) is 17.2 Å². The molecule has 174 valence electrons. The van der Waals surface area contributed by atoms with Crippen LogP contribution >= 0.6 is 0 Å². The van der Waals surface area contributed by atoms with E-state index in [-0.39, 0.29) is 5.92 Å². The minimum atomic E-state index is 0.216. The van der Waals surface area contributed by atoms with Crippen molar-refractivity contribution in [2.45, 2.75) is 51.0 Å². The largest absolute Gasteiger partial charge is 0.496 e. The second kappa shape index (κ2) is 8.27. The standard InChI is InChI=1S/C26H28N6O2/c1-16-14-31(15-27-16)22-10-9-21(28-26(22)34-3)24-29-25-19(5-4-12-32(25)30-24)18-8-11-23(33-2)20(13-18)17-6-7-17/h8-11,13-15,17,19H,4-7,12H2,1-3H3. The van der Waals surface area contributed by atoms with E-state index in [1.54, 1.807) is 20.5 Å². The lowest BCUT2D eigenvalue weighted by atomic mass is 9.89. The maximum Gasteiger partial charge on any atom is 0.238 e. The van der Waals surface area contributed by atoms with Crippen LogP contribution in [-0.4, -0.2) is 43.5 Å². The Kier molecular flexibility index (Phi) is 5.08. The van der Waals surface area contributed by atoms with Gasteiger partial charge in [0.05, 0.1) is 26.2 Å². The van der Waals surface area contributed by atoms with E-state index in [1.165, 1.54) is 24.0 Å². The molecule has 2 aliphatic rings. The maximum absolute atomic E-state index is 5.63. The predicted octanol–water partition coefficient (Wildman–Crippen LogP) is 4.65. The molecule has 1 aromatic carbocycles. The third-order valence-corrected chi connectivity index (χ3v) is 6.80. The molecule has 0 bridgehead atoms. The van der Waals surface area contributed by atoms with E-state index in [9.17, 15) is 0 Å². The van der Waals surface area contributed by atoms with E-state index in [2.05, 4.69) is 23.2 Å². The first-order valence-corrected chi connectivity index (χ1v) is 11.8. The molecular formula is C26H28N6O2. The molecule has 1 saturated carbocycles. The third-order valence-electron chi connectivity index (χ3n) is 6.80. The zero-order valence-corrected chi connectivity index (χ0v) is 19.7. The zero-order chi connectivity index (χ0) is 23.2. The molecule has 0 spiro atoms. The van der Waals surface area contributed by atoms with Crippen molar-refractivity contribution >= 4 is 0 Å². The van der Waals surface area contributed by atoms with Crippen molar-refractivity contribution in [1.29, 1.82) is 0 Å². The molecule has 0 amide bonds. The highest BCUT2D eigenvalue weighted by atomic mass is 16.5.